The normalized spacial score (nSPS) is 30.1. The van der Waals surface area contributed by atoms with Crippen molar-refractivity contribution in [1.82, 2.24) is 4.90 Å². The molecule has 0 radical (unpaired) electrons. The van der Waals surface area contributed by atoms with Crippen LogP contribution in [0.2, 0.25) is 0 Å². The van der Waals surface area contributed by atoms with Crippen molar-refractivity contribution >= 4 is 23.2 Å². The van der Waals surface area contributed by atoms with Crippen molar-refractivity contribution in [2.75, 3.05) is 29.9 Å². The number of anilines is 2. The molecule has 2 N–H and O–H groups in total. The molecule has 0 aromatic heterocycles. The number of carbonyl (C=O) groups is 2. The SMILES string of the molecule is CC(=O)Nc1ccc(N2CCCC3(CCN([C@H]4CC[C@H](O)CC4)C3=O)C2)c(F)c1. The van der Waals surface area contributed by atoms with Gasteiger partial charge in [0.15, 0.2) is 0 Å². The predicted molar refractivity (Wildman–Crippen MR) is 109 cm³/mol. The van der Waals surface area contributed by atoms with Crippen molar-refractivity contribution in [2.24, 2.45) is 5.41 Å². The number of nitrogens with one attached hydrogen (secondary N) is 1. The van der Waals surface area contributed by atoms with Crippen molar-refractivity contribution in [3.8, 4) is 0 Å². The molecule has 1 atom stereocenters. The molecule has 3 aliphatic rings. The van der Waals surface area contributed by atoms with Gasteiger partial charge in [0.05, 0.1) is 17.2 Å². The number of carbonyl (C=O) groups excluding carboxylic acids is 2. The number of piperidine rings is 1. The largest absolute Gasteiger partial charge is 0.393 e. The monoisotopic (exact) mass is 403 g/mol. The van der Waals surface area contributed by atoms with E-state index >= 15 is 0 Å². The van der Waals surface area contributed by atoms with Gasteiger partial charge >= 0.3 is 0 Å². The molecule has 2 saturated heterocycles. The summed E-state index contributed by atoms with van der Waals surface area (Å²) in [5.74, 6) is -0.406. The van der Waals surface area contributed by atoms with Gasteiger partial charge in [0.2, 0.25) is 11.8 Å². The molecule has 1 saturated carbocycles. The standard InChI is InChI=1S/C22H30FN3O3/c1-15(27)24-16-3-8-20(19(23)13-16)25-11-2-9-22(14-25)10-12-26(21(22)29)17-4-6-18(28)7-5-17/h3,8,13,17-18,28H,2,4-7,9-12,14H2,1H3,(H,24,27)/t17-,18-,22?. The molecule has 6 nitrogen and oxygen atoms in total. The fourth-order valence-electron chi connectivity index (χ4n) is 5.33. The van der Waals surface area contributed by atoms with Gasteiger partial charge in [0, 0.05) is 38.3 Å². The molecular weight excluding hydrogens is 373 g/mol. The lowest BCUT2D eigenvalue weighted by atomic mass is 9.78. The zero-order valence-corrected chi connectivity index (χ0v) is 17.0. The smallest absolute Gasteiger partial charge is 0.230 e. The number of hydrogen-bond donors (Lipinski definition) is 2. The zero-order chi connectivity index (χ0) is 20.6. The van der Waals surface area contributed by atoms with E-state index in [4.69, 9.17) is 0 Å². The molecule has 1 spiro atoms. The van der Waals surface area contributed by atoms with Crippen LogP contribution in [0.3, 0.4) is 0 Å². The Morgan fingerprint density at radius 3 is 2.66 bits per heavy atom. The van der Waals surface area contributed by atoms with Gasteiger partial charge in [-0.15, -0.1) is 0 Å². The molecule has 1 aromatic carbocycles. The number of halogens is 1. The number of likely N-dealkylation sites (tertiary alicyclic amines) is 1. The fraction of sp³-hybridized carbons (Fsp3) is 0.636. The van der Waals surface area contributed by atoms with Crippen LogP contribution in [0, 0.1) is 11.2 Å². The first-order valence-corrected chi connectivity index (χ1v) is 10.7. The van der Waals surface area contributed by atoms with E-state index in [9.17, 15) is 19.1 Å². The van der Waals surface area contributed by atoms with Crippen molar-refractivity contribution < 1.29 is 19.1 Å². The average molecular weight is 403 g/mol. The van der Waals surface area contributed by atoms with Crippen LogP contribution in [0.15, 0.2) is 18.2 Å². The van der Waals surface area contributed by atoms with Gasteiger partial charge < -0.3 is 20.2 Å². The van der Waals surface area contributed by atoms with Crippen molar-refractivity contribution in [3.63, 3.8) is 0 Å². The minimum atomic E-state index is -0.433. The van der Waals surface area contributed by atoms with Crippen LogP contribution < -0.4 is 10.2 Å². The average Bonchev–Trinajstić information content (AvgIpc) is 2.98. The van der Waals surface area contributed by atoms with Gasteiger partial charge in [-0.2, -0.15) is 0 Å². The van der Waals surface area contributed by atoms with E-state index < -0.39 is 5.41 Å². The van der Waals surface area contributed by atoms with Crippen molar-refractivity contribution in [1.29, 1.82) is 0 Å². The second kappa shape index (κ2) is 7.94. The number of amides is 2. The first-order chi connectivity index (χ1) is 13.9. The lowest BCUT2D eigenvalue weighted by Gasteiger charge is -2.41. The fourth-order valence-corrected chi connectivity index (χ4v) is 5.33. The molecule has 4 rings (SSSR count). The Morgan fingerprint density at radius 1 is 1.21 bits per heavy atom. The topological polar surface area (TPSA) is 72.9 Å². The van der Waals surface area contributed by atoms with Crippen LogP contribution in [0.1, 0.15) is 51.9 Å². The molecule has 158 valence electrons. The van der Waals surface area contributed by atoms with Crippen LogP contribution in [-0.4, -0.2) is 53.6 Å². The molecule has 2 aliphatic heterocycles. The summed E-state index contributed by atoms with van der Waals surface area (Å²) in [6, 6.07) is 4.97. The molecule has 1 aromatic rings. The summed E-state index contributed by atoms with van der Waals surface area (Å²) in [5, 5.41) is 12.4. The van der Waals surface area contributed by atoms with Crippen molar-refractivity contribution in [3.05, 3.63) is 24.0 Å². The first kappa shape index (κ1) is 20.1. The molecule has 2 heterocycles. The second-order valence-corrected chi connectivity index (χ2v) is 8.86. The van der Waals surface area contributed by atoms with Crippen LogP contribution in [0.25, 0.3) is 0 Å². The third-order valence-corrected chi connectivity index (χ3v) is 6.84. The van der Waals surface area contributed by atoms with Gasteiger partial charge in [-0.3, -0.25) is 9.59 Å². The molecule has 2 amide bonds. The maximum atomic E-state index is 14.7. The Bertz CT molecular complexity index is 794. The summed E-state index contributed by atoms with van der Waals surface area (Å²) in [7, 11) is 0. The highest BCUT2D eigenvalue weighted by atomic mass is 19.1. The third-order valence-electron chi connectivity index (χ3n) is 6.84. The Labute approximate surface area is 171 Å². The van der Waals surface area contributed by atoms with Crippen LogP contribution in [0.5, 0.6) is 0 Å². The minimum absolute atomic E-state index is 0.207. The van der Waals surface area contributed by atoms with Crippen LogP contribution in [-0.2, 0) is 9.59 Å². The van der Waals surface area contributed by atoms with Gasteiger partial charge in [-0.05, 0) is 63.1 Å². The molecule has 3 fully saturated rings. The third kappa shape index (κ3) is 3.97. The lowest BCUT2D eigenvalue weighted by Crippen LogP contribution is -2.50. The summed E-state index contributed by atoms with van der Waals surface area (Å²) in [6.45, 7) is 3.41. The molecular formula is C22H30FN3O3. The Kier molecular flexibility index (Phi) is 5.51. The highest BCUT2D eigenvalue weighted by molar-refractivity contribution is 5.89. The van der Waals surface area contributed by atoms with Crippen LogP contribution >= 0.6 is 0 Å². The minimum Gasteiger partial charge on any atom is -0.393 e. The van der Waals surface area contributed by atoms with Crippen LogP contribution in [0.4, 0.5) is 15.8 Å². The Hall–Kier alpha value is -2.15. The van der Waals surface area contributed by atoms with E-state index in [1.165, 1.54) is 13.0 Å². The molecule has 0 bridgehead atoms. The maximum absolute atomic E-state index is 14.7. The zero-order valence-electron chi connectivity index (χ0n) is 17.0. The number of hydrogen-bond acceptors (Lipinski definition) is 4. The Morgan fingerprint density at radius 2 is 1.97 bits per heavy atom. The maximum Gasteiger partial charge on any atom is 0.230 e. The number of aliphatic hydroxyl groups is 1. The lowest BCUT2D eigenvalue weighted by molar-refractivity contribution is -0.139. The highest BCUT2D eigenvalue weighted by Crippen LogP contribution is 2.43. The summed E-state index contributed by atoms with van der Waals surface area (Å²) < 4.78 is 14.7. The van der Waals surface area contributed by atoms with E-state index in [1.54, 1.807) is 12.1 Å². The summed E-state index contributed by atoms with van der Waals surface area (Å²) in [6.07, 6.45) is 5.55. The molecule has 1 unspecified atom stereocenters. The van der Waals surface area contributed by atoms with Gasteiger partial charge in [0.25, 0.3) is 0 Å². The quantitative estimate of drug-likeness (QED) is 0.814. The molecule has 7 heteroatoms. The van der Waals surface area contributed by atoms with Gasteiger partial charge in [-0.25, -0.2) is 4.39 Å². The van der Waals surface area contributed by atoms with Gasteiger partial charge in [-0.1, -0.05) is 0 Å². The van der Waals surface area contributed by atoms with E-state index in [2.05, 4.69) is 5.32 Å². The number of nitrogens with zero attached hydrogens (tertiary/aromatic N) is 2. The van der Waals surface area contributed by atoms with E-state index in [0.29, 0.717) is 17.9 Å². The number of rotatable bonds is 3. The first-order valence-electron chi connectivity index (χ1n) is 10.7. The van der Waals surface area contributed by atoms with Crippen molar-refractivity contribution in [2.45, 2.75) is 64.0 Å². The van der Waals surface area contributed by atoms with E-state index in [0.717, 1.165) is 58.0 Å². The predicted octanol–water partition coefficient (Wildman–Crippen LogP) is 2.91. The van der Waals surface area contributed by atoms with Gasteiger partial charge in [0.1, 0.15) is 5.82 Å². The molecule has 29 heavy (non-hydrogen) atoms. The molecule has 1 aliphatic carbocycles. The Balaban J connectivity index is 1.48. The summed E-state index contributed by atoms with van der Waals surface area (Å²) >= 11 is 0. The second-order valence-electron chi connectivity index (χ2n) is 8.86. The number of benzene rings is 1. The van der Waals surface area contributed by atoms with E-state index in [1.807, 2.05) is 9.80 Å². The van der Waals surface area contributed by atoms with E-state index in [-0.39, 0.29) is 29.8 Å². The summed E-state index contributed by atoms with van der Waals surface area (Å²) in [4.78, 5) is 28.6. The summed E-state index contributed by atoms with van der Waals surface area (Å²) in [5.41, 5.74) is 0.496. The highest BCUT2D eigenvalue weighted by Gasteiger charge is 2.50. The number of aliphatic hydroxyl groups excluding tert-OH is 1.